The van der Waals surface area contributed by atoms with Gasteiger partial charge in [-0.3, -0.25) is 0 Å². The standard InChI is InChI=1S/C14H19BrN2/c1-9(2)17-13(10(3)16-4)8-11-6-5-7-12(15)14(11)17/h5-10,16H,1-4H3. The third-order valence-corrected chi connectivity index (χ3v) is 3.87. The average Bonchev–Trinajstić information content (AvgIpc) is 2.68. The molecule has 0 saturated carbocycles. The molecule has 0 aliphatic rings. The fourth-order valence-electron chi connectivity index (χ4n) is 2.30. The Hall–Kier alpha value is -0.800. The summed E-state index contributed by atoms with van der Waals surface area (Å²) < 4.78 is 3.57. The van der Waals surface area contributed by atoms with E-state index in [0.717, 1.165) is 0 Å². The number of hydrogen-bond donors (Lipinski definition) is 1. The number of rotatable bonds is 3. The summed E-state index contributed by atoms with van der Waals surface area (Å²) in [6.07, 6.45) is 0. The second kappa shape index (κ2) is 4.83. The van der Waals surface area contributed by atoms with Gasteiger partial charge >= 0.3 is 0 Å². The summed E-state index contributed by atoms with van der Waals surface area (Å²) in [7, 11) is 2.00. The van der Waals surface area contributed by atoms with E-state index in [4.69, 9.17) is 0 Å². The monoisotopic (exact) mass is 294 g/mol. The first-order chi connectivity index (χ1) is 8.06. The van der Waals surface area contributed by atoms with Crippen LogP contribution in [0.4, 0.5) is 0 Å². The number of para-hydroxylation sites is 1. The zero-order valence-electron chi connectivity index (χ0n) is 10.8. The summed E-state index contributed by atoms with van der Waals surface area (Å²) in [5.41, 5.74) is 2.63. The summed E-state index contributed by atoms with van der Waals surface area (Å²) in [6, 6.07) is 9.46. The van der Waals surface area contributed by atoms with Gasteiger partial charge in [0.25, 0.3) is 0 Å². The van der Waals surface area contributed by atoms with Gasteiger partial charge in [0.1, 0.15) is 0 Å². The van der Waals surface area contributed by atoms with Gasteiger partial charge in [0.05, 0.1) is 5.52 Å². The second-order valence-electron chi connectivity index (χ2n) is 4.72. The van der Waals surface area contributed by atoms with Gasteiger partial charge in [0.15, 0.2) is 0 Å². The first-order valence-corrected chi connectivity index (χ1v) is 6.82. The third-order valence-electron chi connectivity index (χ3n) is 3.23. The average molecular weight is 295 g/mol. The number of nitrogens with one attached hydrogen (secondary N) is 1. The Kier molecular flexibility index (Phi) is 3.59. The van der Waals surface area contributed by atoms with E-state index in [9.17, 15) is 0 Å². The molecule has 1 atom stereocenters. The van der Waals surface area contributed by atoms with Crippen LogP contribution in [0, 0.1) is 0 Å². The molecule has 0 aliphatic heterocycles. The molecule has 2 aromatic rings. The van der Waals surface area contributed by atoms with Crippen LogP contribution >= 0.6 is 15.9 Å². The predicted molar refractivity (Wildman–Crippen MR) is 77.5 cm³/mol. The molecule has 0 fully saturated rings. The van der Waals surface area contributed by atoms with E-state index >= 15 is 0 Å². The number of halogens is 1. The zero-order chi connectivity index (χ0) is 12.6. The minimum absolute atomic E-state index is 0.358. The lowest BCUT2D eigenvalue weighted by molar-refractivity contribution is 0.535. The summed E-state index contributed by atoms with van der Waals surface area (Å²) in [6.45, 7) is 6.65. The van der Waals surface area contributed by atoms with Gasteiger partial charge in [0.2, 0.25) is 0 Å². The molecule has 2 nitrogen and oxygen atoms in total. The van der Waals surface area contributed by atoms with Crippen molar-refractivity contribution < 1.29 is 0 Å². The Morgan fingerprint density at radius 3 is 2.53 bits per heavy atom. The molecule has 1 aromatic carbocycles. The molecule has 0 aliphatic carbocycles. The van der Waals surface area contributed by atoms with Gasteiger partial charge in [-0.1, -0.05) is 12.1 Å². The van der Waals surface area contributed by atoms with Crippen LogP contribution < -0.4 is 5.32 Å². The minimum atomic E-state index is 0.358. The molecule has 0 radical (unpaired) electrons. The molecule has 0 bridgehead atoms. The first-order valence-electron chi connectivity index (χ1n) is 6.03. The Morgan fingerprint density at radius 1 is 1.24 bits per heavy atom. The lowest BCUT2D eigenvalue weighted by Crippen LogP contribution is -2.17. The smallest absolute Gasteiger partial charge is 0.0629 e. The van der Waals surface area contributed by atoms with Crippen LogP contribution in [0.1, 0.15) is 38.5 Å². The van der Waals surface area contributed by atoms with Crippen LogP contribution in [0.15, 0.2) is 28.7 Å². The van der Waals surface area contributed by atoms with Gasteiger partial charge < -0.3 is 9.88 Å². The fourth-order valence-corrected chi connectivity index (χ4v) is 2.87. The summed E-state index contributed by atoms with van der Waals surface area (Å²) in [4.78, 5) is 0. The van der Waals surface area contributed by atoms with Crippen molar-refractivity contribution in [1.29, 1.82) is 0 Å². The van der Waals surface area contributed by atoms with E-state index in [0.29, 0.717) is 12.1 Å². The maximum Gasteiger partial charge on any atom is 0.0629 e. The number of nitrogens with zero attached hydrogens (tertiary/aromatic N) is 1. The van der Waals surface area contributed by atoms with Crippen molar-refractivity contribution in [2.45, 2.75) is 32.9 Å². The van der Waals surface area contributed by atoms with E-state index in [2.05, 4.69) is 70.9 Å². The van der Waals surface area contributed by atoms with Gasteiger partial charge in [0, 0.05) is 27.6 Å². The van der Waals surface area contributed by atoms with Gasteiger partial charge in [-0.2, -0.15) is 0 Å². The lowest BCUT2D eigenvalue weighted by Gasteiger charge is -2.19. The van der Waals surface area contributed by atoms with Crippen LogP contribution in [0.5, 0.6) is 0 Å². The topological polar surface area (TPSA) is 17.0 Å². The molecule has 0 saturated heterocycles. The van der Waals surface area contributed by atoms with Crippen LogP contribution in [0.3, 0.4) is 0 Å². The molecule has 1 heterocycles. The van der Waals surface area contributed by atoms with Crippen LogP contribution in [-0.2, 0) is 0 Å². The van der Waals surface area contributed by atoms with Gasteiger partial charge in [-0.15, -0.1) is 0 Å². The molecule has 2 rings (SSSR count). The minimum Gasteiger partial charge on any atom is -0.340 e. The highest BCUT2D eigenvalue weighted by Gasteiger charge is 2.16. The van der Waals surface area contributed by atoms with Gasteiger partial charge in [-0.25, -0.2) is 0 Å². The zero-order valence-corrected chi connectivity index (χ0v) is 12.4. The molecule has 17 heavy (non-hydrogen) atoms. The number of fused-ring (bicyclic) bond motifs is 1. The van der Waals surface area contributed by atoms with Crippen LogP contribution in [0.2, 0.25) is 0 Å². The number of hydrogen-bond acceptors (Lipinski definition) is 1. The van der Waals surface area contributed by atoms with Crippen molar-refractivity contribution in [3.63, 3.8) is 0 Å². The predicted octanol–water partition coefficient (Wildman–Crippen LogP) is 4.27. The first kappa shape index (κ1) is 12.7. The SMILES string of the molecule is CNC(C)c1cc2cccc(Br)c2n1C(C)C. The highest BCUT2D eigenvalue weighted by Crippen LogP contribution is 2.32. The summed E-state index contributed by atoms with van der Waals surface area (Å²) in [5, 5.41) is 4.62. The molecule has 3 heteroatoms. The normalized spacial score (nSPS) is 13.5. The van der Waals surface area contributed by atoms with Crippen molar-refractivity contribution in [2.75, 3.05) is 7.05 Å². The number of benzene rings is 1. The molecular weight excluding hydrogens is 276 g/mol. The van der Waals surface area contributed by atoms with E-state index in [1.54, 1.807) is 0 Å². The fraction of sp³-hybridized carbons (Fsp3) is 0.429. The van der Waals surface area contributed by atoms with E-state index in [1.165, 1.54) is 21.1 Å². The van der Waals surface area contributed by atoms with Gasteiger partial charge in [-0.05, 0) is 55.9 Å². The Bertz CT molecular complexity index is 528. The summed E-state index contributed by atoms with van der Waals surface area (Å²) in [5.74, 6) is 0. The van der Waals surface area contributed by atoms with Crippen molar-refractivity contribution in [3.05, 3.63) is 34.4 Å². The molecule has 92 valence electrons. The summed E-state index contributed by atoms with van der Waals surface area (Å²) >= 11 is 3.66. The Morgan fingerprint density at radius 2 is 1.94 bits per heavy atom. The third kappa shape index (κ3) is 2.14. The van der Waals surface area contributed by atoms with Crippen molar-refractivity contribution in [3.8, 4) is 0 Å². The maximum atomic E-state index is 3.66. The Balaban J connectivity index is 2.76. The molecular formula is C14H19BrN2. The highest BCUT2D eigenvalue weighted by molar-refractivity contribution is 9.10. The van der Waals surface area contributed by atoms with Crippen molar-refractivity contribution >= 4 is 26.8 Å². The molecule has 0 spiro atoms. The lowest BCUT2D eigenvalue weighted by atomic mass is 10.2. The number of aromatic nitrogens is 1. The van der Waals surface area contributed by atoms with Crippen molar-refractivity contribution in [2.24, 2.45) is 0 Å². The Labute approximate surface area is 111 Å². The van der Waals surface area contributed by atoms with E-state index in [-0.39, 0.29) is 0 Å². The second-order valence-corrected chi connectivity index (χ2v) is 5.58. The van der Waals surface area contributed by atoms with Crippen LogP contribution in [0.25, 0.3) is 10.9 Å². The molecule has 0 amide bonds. The van der Waals surface area contributed by atoms with Crippen LogP contribution in [-0.4, -0.2) is 11.6 Å². The maximum absolute atomic E-state index is 3.66. The van der Waals surface area contributed by atoms with E-state index in [1.807, 2.05) is 7.05 Å². The molecule has 1 aromatic heterocycles. The quantitative estimate of drug-likeness (QED) is 0.895. The largest absolute Gasteiger partial charge is 0.340 e. The highest BCUT2D eigenvalue weighted by atomic mass is 79.9. The van der Waals surface area contributed by atoms with E-state index < -0.39 is 0 Å². The molecule has 1 N–H and O–H groups in total. The van der Waals surface area contributed by atoms with Crippen molar-refractivity contribution in [1.82, 2.24) is 9.88 Å². The molecule has 1 unspecified atom stereocenters.